The lowest BCUT2D eigenvalue weighted by atomic mass is 10.1. The summed E-state index contributed by atoms with van der Waals surface area (Å²) in [6, 6.07) is 8.30. The van der Waals surface area contributed by atoms with E-state index < -0.39 is 0 Å². The molecule has 2 aromatic rings. The molecule has 0 saturated heterocycles. The van der Waals surface area contributed by atoms with Crippen LogP contribution in [0, 0.1) is 0 Å². The van der Waals surface area contributed by atoms with E-state index in [2.05, 4.69) is 35.4 Å². The Labute approximate surface area is 124 Å². The molecule has 1 aromatic carbocycles. The topological polar surface area (TPSA) is 60.2 Å². The Morgan fingerprint density at radius 3 is 2.95 bits per heavy atom. The first-order valence-electron chi connectivity index (χ1n) is 7.55. The summed E-state index contributed by atoms with van der Waals surface area (Å²) in [5.74, 6) is 2.71. The molecular weight excluding hydrogens is 266 g/mol. The van der Waals surface area contributed by atoms with Crippen molar-refractivity contribution in [3.05, 3.63) is 41.5 Å². The van der Waals surface area contributed by atoms with Gasteiger partial charge in [0, 0.05) is 17.5 Å². The van der Waals surface area contributed by atoms with E-state index in [0.29, 0.717) is 18.3 Å². The summed E-state index contributed by atoms with van der Waals surface area (Å²) >= 11 is 0. The Hall–Kier alpha value is -1.88. The van der Waals surface area contributed by atoms with Gasteiger partial charge in [0.1, 0.15) is 5.75 Å². The van der Waals surface area contributed by atoms with Gasteiger partial charge in [-0.3, -0.25) is 0 Å². The maximum Gasteiger partial charge on any atom is 0.229 e. The van der Waals surface area contributed by atoms with Gasteiger partial charge in [0.25, 0.3) is 0 Å². The summed E-state index contributed by atoms with van der Waals surface area (Å²) in [4.78, 5) is 4.38. The maximum absolute atomic E-state index is 5.88. The van der Waals surface area contributed by atoms with E-state index in [1.54, 1.807) is 0 Å². The first kappa shape index (κ1) is 14.1. The van der Waals surface area contributed by atoms with Crippen LogP contribution in [0.25, 0.3) is 0 Å². The second-order valence-electron chi connectivity index (χ2n) is 5.43. The molecule has 112 valence electrons. The first-order valence-corrected chi connectivity index (χ1v) is 7.55. The Morgan fingerprint density at radius 1 is 1.38 bits per heavy atom. The molecule has 0 aliphatic heterocycles. The molecule has 0 radical (unpaired) electrons. The monoisotopic (exact) mass is 287 g/mol. The highest BCUT2D eigenvalue weighted by molar-refractivity contribution is 5.35. The van der Waals surface area contributed by atoms with Gasteiger partial charge in [-0.1, -0.05) is 30.3 Å². The highest BCUT2D eigenvalue weighted by Crippen LogP contribution is 2.38. The van der Waals surface area contributed by atoms with Gasteiger partial charge in [0.2, 0.25) is 11.7 Å². The Bertz CT molecular complexity index is 593. The van der Waals surface area contributed by atoms with Gasteiger partial charge in [-0.15, -0.1) is 0 Å². The predicted molar refractivity (Wildman–Crippen MR) is 79.1 cm³/mol. The quantitative estimate of drug-likeness (QED) is 0.847. The predicted octanol–water partition coefficient (Wildman–Crippen LogP) is 3.20. The van der Waals surface area contributed by atoms with Crippen molar-refractivity contribution in [1.29, 1.82) is 0 Å². The zero-order chi connectivity index (χ0) is 14.7. The molecule has 1 aliphatic rings. The van der Waals surface area contributed by atoms with Crippen molar-refractivity contribution in [2.45, 2.75) is 45.3 Å². The molecule has 1 heterocycles. The fourth-order valence-electron chi connectivity index (χ4n) is 2.35. The van der Waals surface area contributed by atoms with Crippen LogP contribution in [0.1, 0.15) is 55.9 Å². The van der Waals surface area contributed by atoms with Crippen molar-refractivity contribution >= 4 is 0 Å². The molecule has 0 spiro atoms. The molecule has 1 aromatic heterocycles. The average molecular weight is 287 g/mol. The number of nitrogens with zero attached hydrogens (tertiary/aromatic N) is 2. The van der Waals surface area contributed by atoms with Crippen molar-refractivity contribution in [3.8, 4) is 5.75 Å². The largest absolute Gasteiger partial charge is 0.485 e. The molecule has 1 atom stereocenters. The molecule has 0 bridgehead atoms. The summed E-state index contributed by atoms with van der Waals surface area (Å²) in [6.07, 6.45) is 2.32. The molecule has 21 heavy (non-hydrogen) atoms. The lowest BCUT2D eigenvalue weighted by molar-refractivity contribution is 0.280. The third kappa shape index (κ3) is 3.42. The summed E-state index contributed by atoms with van der Waals surface area (Å²) in [5.41, 5.74) is 1.14. The van der Waals surface area contributed by atoms with Crippen LogP contribution in [-0.4, -0.2) is 16.7 Å². The normalized spacial score (nSPS) is 15.9. The Morgan fingerprint density at radius 2 is 2.19 bits per heavy atom. The standard InChI is InChI=1S/C16H21N3O2/c1-3-17-11(2)13-6-4-5-7-14(13)20-10-15-18-16(21-19-15)12-8-9-12/h4-7,11-12,17H,3,8-10H2,1-2H3. The third-order valence-corrected chi connectivity index (χ3v) is 3.66. The van der Waals surface area contributed by atoms with Gasteiger partial charge in [-0.2, -0.15) is 4.98 Å². The van der Waals surface area contributed by atoms with E-state index in [1.165, 1.54) is 0 Å². The van der Waals surface area contributed by atoms with Crippen LogP contribution in [-0.2, 0) is 6.61 Å². The van der Waals surface area contributed by atoms with Gasteiger partial charge < -0.3 is 14.6 Å². The molecule has 0 amide bonds. The zero-order valence-electron chi connectivity index (χ0n) is 12.5. The average Bonchev–Trinajstić information content (AvgIpc) is 3.25. The van der Waals surface area contributed by atoms with Gasteiger partial charge in [-0.25, -0.2) is 0 Å². The number of aromatic nitrogens is 2. The van der Waals surface area contributed by atoms with Crippen molar-refractivity contribution < 1.29 is 9.26 Å². The molecule has 1 unspecified atom stereocenters. The van der Waals surface area contributed by atoms with Crippen molar-refractivity contribution in [2.24, 2.45) is 0 Å². The number of hydrogen-bond acceptors (Lipinski definition) is 5. The highest BCUT2D eigenvalue weighted by atomic mass is 16.5. The summed E-state index contributed by atoms with van der Waals surface area (Å²) in [5, 5.41) is 7.37. The molecular formula is C16H21N3O2. The van der Waals surface area contributed by atoms with Crippen molar-refractivity contribution in [3.63, 3.8) is 0 Å². The number of rotatable bonds is 7. The molecule has 5 nitrogen and oxygen atoms in total. The highest BCUT2D eigenvalue weighted by Gasteiger charge is 2.29. The molecule has 3 rings (SSSR count). The lowest BCUT2D eigenvalue weighted by Gasteiger charge is -2.16. The van der Waals surface area contributed by atoms with E-state index >= 15 is 0 Å². The minimum Gasteiger partial charge on any atom is -0.485 e. The van der Waals surface area contributed by atoms with Crippen LogP contribution >= 0.6 is 0 Å². The SMILES string of the molecule is CCNC(C)c1ccccc1OCc1noc(C2CC2)n1. The molecule has 1 N–H and O–H groups in total. The minimum absolute atomic E-state index is 0.249. The number of ether oxygens (including phenoxy) is 1. The lowest BCUT2D eigenvalue weighted by Crippen LogP contribution is -2.18. The Kier molecular flexibility index (Phi) is 4.20. The maximum atomic E-state index is 5.88. The zero-order valence-corrected chi connectivity index (χ0v) is 12.5. The van der Waals surface area contributed by atoms with Crippen molar-refractivity contribution in [1.82, 2.24) is 15.5 Å². The Balaban J connectivity index is 1.66. The van der Waals surface area contributed by atoms with Crippen LogP contribution in [0.3, 0.4) is 0 Å². The second kappa shape index (κ2) is 6.26. The van der Waals surface area contributed by atoms with Crippen LogP contribution < -0.4 is 10.1 Å². The minimum atomic E-state index is 0.249. The first-order chi connectivity index (χ1) is 10.3. The van der Waals surface area contributed by atoms with Gasteiger partial charge in [0.05, 0.1) is 0 Å². The summed E-state index contributed by atoms with van der Waals surface area (Å²) < 4.78 is 11.1. The van der Waals surface area contributed by atoms with E-state index in [9.17, 15) is 0 Å². The van der Waals surface area contributed by atoms with Gasteiger partial charge in [0.15, 0.2) is 6.61 Å². The van der Waals surface area contributed by atoms with Crippen LogP contribution in [0.2, 0.25) is 0 Å². The third-order valence-electron chi connectivity index (χ3n) is 3.66. The van der Waals surface area contributed by atoms with E-state index in [-0.39, 0.29) is 6.04 Å². The van der Waals surface area contributed by atoms with Crippen molar-refractivity contribution in [2.75, 3.05) is 6.54 Å². The molecule has 1 aliphatic carbocycles. The van der Waals surface area contributed by atoms with Gasteiger partial charge in [-0.05, 0) is 32.4 Å². The van der Waals surface area contributed by atoms with Crippen LogP contribution in [0.5, 0.6) is 5.75 Å². The molecule has 5 heteroatoms. The van der Waals surface area contributed by atoms with E-state index in [0.717, 1.165) is 36.6 Å². The fourth-order valence-corrected chi connectivity index (χ4v) is 2.35. The second-order valence-corrected chi connectivity index (χ2v) is 5.43. The van der Waals surface area contributed by atoms with E-state index in [4.69, 9.17) is 9.26 Å². The fraction of sp³-hybridized carbons (Fsp3) is 0.500. The number of para-hydroxylation sites is 1. The van der Waals surface area contributed by atoms with Crippen LogP contribution in [0.15, 0.2) is 28.8 Å². The number of hydrogen-bond donors (Lipinski definition) is 1. The molecule has 1 saturated carbocycles. The smallest absolute Gasteiger partial charge is 0.229 e. The summed E-state index contributed by atoms with van der Waals surface area (Å²) in [7, 11) is 0. The number of nitrogens with one attached hydrogen (secondary N) is 1. The summed E-state index contributed by atoms with van der Waals surface area (Å²) in [6.45, 7) is 5.49. The van der Waals surface area contributed by atoms with E-state index in [1.807, 2.05) is 18.2 Å². The van der Waals surface area contributed by atoms with Crippen LogP contribution in [0.4, 0.5) is 0 Å². The van der Waals surface area contributed by atoms with Gasteiger partial charge >= 0.3 is 0 Å². The number of benzene rings is 1. The molecule has 1 fully saturated rings.